The Bertz CT molecular complexity index is 682. The van der Waals surface area contributed by atoms with Gasteiger partial charge in [0.1, 0.15) is 5.82 Å². The largest absolute Gasteiger partial charge is 0.481 e. The standard InChI is InChI=1S/C13H19N3O4S/c1-3-15-7-12(14-8(15)2)21(19,20)16-9-4-5-11(16)10(6-9)13(17)18/h7,9-11H,3-6H2,1-2H3,(H,17,18). The molecule has 1 aromatic rings. The second-order valence-electron chi connectivity index (χ2n) is 5.73. The highest BCUT2D eigenvalue weighted by molar-refractivity contribution is 7.89. The van der Waals surface area contributed by atoms with E-state index in [9.17, 15) is 18.3 Å². The maximum atomic E-state index is 12.8. The van der Waals surface area contributed by atoms with Crippen molar-refractivity contribution in [3.8, 4) is 0 Å². The van der Waals surface area contributed by atoms with Gasteiger partial charge in [-0.25, -0.2) is 13.4 Å². The second kappa shape index (κ2) is 4.81. The van der Waals surface area contributed by atoms with Crippen LogP contribution in [-0.2, 0) is 21.4 Å². The summed E-state index contributed by atoms with van der Waals surface area (Å²) in [7, 11) is -3.71. The fraction of sp³-hybridized carbons (Fsp3) is 0.692. The molecule has 21 heavy (non-hydrogen) atoms. The molecule has 0 radical (unpaired) electrons. The Kier molecular flexibility index (Phi) is 3.32. The van der Waals surface area contributed by atoms with Gasteiger partial charge >= 0.3 is 5.97 Å². The zero-order chi connectivity index (χ0) is 15.4. The van der Waals surface area contributed by atoms with E-state index in [0.717, 1.165) is 6.42 Å². The fourth-order valence-electron chi connectivity index (χ4n) is 3.61. The molecule has 0 saturated carbocycles. The molecule has 2 saturated heterocycles. The number of nitrogens with zero attached hydrogens (tertiary/aromatic N) is 3. The van der Waals surface area contributed by atoms with Gasteiger partial charge in [-0.2, -0.15) is 4.31 Å². The SMILES string of the molecule is CCn1cc(S(=O)(=O)N2C3CCC2C(C(=O)O)C3)nc1C. The molecule has 2 aliphatic rings. The maximum absolute atomic E-state index is 12.8. The van der Waals surface area contributed by atoms with Gasteiger partial charge in [-0.3, -0.25) is 4.79 Å². The third kappa shape index (κ3) is 2.08. The van der Waals surface area contributed by atoms with Gasteiger partial charge in [0.05, 0.1) is 5.92 Å². The molecule has 0 aromatic carbocycles. The highest BCUT2D eigenvalue weighted by Crippen LogP contribution is 2.44. The molecule has 7 nitrogen and oxygen atoms in total. The van der Waals surface area contributed by atoms with Crippen LogP contribution in [0.3, 0.4) is 0 Å². The van der Waals surface area contributed by atoms with Crippen LogP contribution in [-0.4, -0.2) is 45.4 Å². The summed E-state index contributed by atoms with van der Waals surface area (Å²) < 4.78 is 28.8. The minimum atomic E-state index is -3.71. The minimum absolute atomic E-state index is 0.0322. The molecule has 116 valence electrons. The van der Waals surface area contributed by atoms with Gasteiger partial charge in [0, 0.05) is 24.8 Å². The summed E-state index contributed by atoms with van der Waals surface area (Å²) in [5.41, 5.74) is 0. The topological polar surface area (TPSA) is 92.5 Å². The van der Waals surface area contributed by atoms with E-state index in [1.54, 1.807) is 11.5 Å². The summed E-state index contributed by atoms with van der Waals surface area (Å²) in [6, 6.07) is -0.627. The number of carbonyl (C=O) groups is 1. The Morgan fingerprint density at radius 3 is 2.71 bits per heavy atom. The van der Waals surface area contributed by atoms with Crippen molar-refractivity contribution in [2.45, 2.75) is 56.8 Å². The Hall–Kier alpha value is -1.41. The van der Waals surface area contributed by atoms with Crippen molar-refractivity contribution < 1.29 is 18.3 Å². The first-order valence-electron chi connectivity index (χ1n) is 7.16. The average Bonchev–Trinajstić information content (AvgIpc) is 3.10. The van der Waals surface area contributed by atoms with E-state index in [-0.39, 0.29) is 11.1 Å². The minimum Gasteiger partial charge on any atom is -0.481 e. The number of sulfonamides is 1. The lowest BCUT2D eigenvalue weighted by molar-refractivity contribution is -0.142. The molecule has 3 unspecified atom stereocenters. The summed E-state index contributed by atoms with van der Waals surface area (Å²) in [6.45, 7) is 4.34. The molecule has 3 heterocycles. The van der Waals surface area contributed by atoms with E-state index < -0.39 is 28.0 Å². The van der Waals surface area contributed by atoms with Crippen LogP contribution >= 0.6 is 0 Å². The van der Waals surface area contributed by atoms with E-state index in [1.165, 1.54) is 10.5 Å². The molecule has 0 aliphatic carbocycles. The van der Waals surface area contributed by atoms with Crippen LogP contribution in [0.1, 0.15) is 32.0 Å². The first kappa shape index (κ1) is 14.5. The fourth-order valence-corrected chi connectivity index (χ4v) is 5.53. The molecule has 2 bridgehead atoms. The number of imidazole rings is 1. The predicted molar refractivity (Wildman–Crippen MR) is 74.2 cm³/mol. The second-order valence-corrected chi connectivity index (χ2v) is 7.52. The Morgan fingerprint density at radius 1 is 1.48 bits per heavy atom. The van der Waals surface area contributed by atoms with Crippen LogP contribution in [0.5, 0.6) is 0 Å². The normalized spacial score (nSPS) is 29.1. The lowest BCUT2D eigenvalue weighted by atomic mass is 9.89. The van der Waals surface area contributed by atoms with Gasteiger partial charge in [0.2, 0.25) is 0 Å². The molecule has 2 fully saturated rings. The zero-order valence-electron chi connectivity index (χ0n) is 12.1. The Balaban J connectivity index is 1.97. The number of hydrogen-bond acceptors (Lipinski definition) is 4. The number of aromatic nitrogens is 2. The first-order chi connectivity index (χ1) is 9.86. The summed E-state index contributed by atoms with van der Waals surface area (Å²) in [6.07, 6.45) is 3.31. The van der Waals surface area contributed by atoms with Crippen molar-refractivity contribution in [3.63, 3.8) is 0 Å². The van der Waals surface area contributed by atoms with E-state index in [2.05, 4.69) is 4.98 Å². The molecule has 0 amide bonds. The summed E-state index contributed by atoms with van der Waals surface area (Å²) in [4.78, 5) is 15.4. The van der Waals surface area contributed by atoms with Crippen molar-refractivity contribution >= 4 is 16.0 Å². The van der Waals surface area contributed by atoms with Gasteiger partial charge in [0.25, 0.3) is 10.0 Å². The number of fused-ring (bicyclic) bond motifs is 2. The number of aliphatic carboxylic acids is 1. The lowest BCUT2D eigenvalue weighted by Gasteiger charge is -2.21. The summed E-state index contributed by atoms with van der Waals surface area (Å²) >= 11 is 0. The zero-order valence-corrected chi connectivity index (χ0v) is 12.9. The van der Waals surface area contributed by atoms with Crippen LogP contribution in [0.15, 0.2) is 11.2 Å². The van der Waals surface area contributed by atoms with Crippen LogP contribution in [0.2, 0.25) is 0 Å². The summed E-state index contributed by atoms with van der Waals surface area (Å²) in [5.74, 6) is -0.844. The number of carboxylic acid groups (broad SMARTS) is 1. The van der Waals surface area contributed by atoms with Crippen LogP contribution in [0, 0.1) is 12.8 Å². The smallest absolute Gasteiger partial charge is 0.308 e. The van der Waals surface area contributed by atoms with Gasteiger partial charge in [0.15, 0.2) is 5.03 Å². The first-order valence-corrected chi connectivity index (χ1v) is 8.60. The van der Waals surface area contributed by atoms with Crippen molar-refractivity contribution in [2.75, 3.05) is 0 Å². The molecule has 2 aliphatic heterocycles. The van der Waals surface area contributed by atoms with Crippen molar-refractivity contribution in [3.05, 3.63) is 12.0 Å². The quantitative estimate of drug-likeness (QED) is 0.889. The van der Waals surface area contributed by atoms with E-state index in [1.807, 2.05) is 6.92 Å². The van der Waals surface area contributed by atoms with E-state index in [4.69, 9.17) is 0 Å². The van der Waals surface area contributed by atoms with Crippen LogP contribution in [0.25, 0.3) is 0 Å². The average molecular weight is 313 g/mol. The monoisotopic (exact) mass is 313 g/mol. The molecule has 0 spiro atoms. The van der Waals surface area contributed by atoms with Gasteiger partial charge < -0.3 is 9.67 Å². The molecule has 8 heteroatoms. The maximum Gasteiger partial charge on any atom is 0.308 e. The Morgan fingerprint density at radius 2 is 2.19 bits per heavy atom. The number of carboxylic acids is 1. The molecule has 1 aromatic heterocycles. The van der Waals surface area contributed by atoms with Crippen molar-refractivity contribution in [1.29, 1.82) is 0 Å². The molecular formula is C13H19N3O4S. The van der Waals surface area contributed by atoms with Crippen molar-refractivity contribution in [1.82, 2.24) is 13.9 Å². The number of hydrogen-bond donors (Lipinski definition) is 1. The molecular weight excluding hydrogens is 294 g/mol. The highest BCUT2D eigenvalue weighted by atomic mass is 32.2. The van der Waals surface area contributed by atoms with Gasteiger partial charge in [-0.05, 0) is 33.1 Å². The lowest BCUT2D eigenvalue weighted by Crippen LogP contribution is -2.38. The van der Waals surface area contributed by atoms with Crippen LogP contribution in [0.4, 0.5) is 0 Å². The van der Waals surface area contributed by atoms with E-state index >= 15 is 0 Å². The van der Waals surface area contributed by atoms with Crippen molar-refractivity contribution in [2.24, 2.45) is 5.92 Å². The van der Waals surface area contributed by atoms with Gasteiger partial charge in [-0.1, -0.05) is 0 Å². The third-order valence-electron chi connectivity index (χ3n) is 4.63. The van der Waals surface area contributed by atoms with E-state index in [0.29, 0.717) is 25.2 Å². The van der Waals surface area contributed by atoms with Crippen LogP contribution < -0.4 is 0 Å². The molecule has 3 atom stereocenters. The number of aryl methyl sites for hydroxylation is 2. The Labute approximate surface area is 123 Å². The predicted octanol–water partition coefficient (Wildman–Crippen LogP) is 0.838. The summed E-state index contributed by atoms with van der Waals surface area (Å²) in [5, 5.41) is 9.27. The molecule has 3 rings (SSSR count). The number of rotatable bonds is 4. The highest BCUT2D eigenvalue weighted by Gasteiger charge is 2.54. The third-order valence-corrected chi connectivity index (χ3v) is 6.48. The molecule has 1 N–H and O–H groups in total. The van der Waals surface area contributed by atoms with Gasteiger partial charge in [-0.15, -0.1) is 0 Å².